The van der Waals surface area contributed by atoms with Crippen molar-refractivity contribution >= 4 is 40.6 Å². The standard InChI is InChI=1S/C28H38N8O6/c1-27(2,3)42-13-12-28(4,5)36-20(37)11-10-19(25(40)41)33-23(38)16-6-8-17(9-7-16)30-14-18-15-31-22-21(32-18)24(39)35-26(29)34-22/h6-9,15,19,30H,10-14H2,1-5H3,(H,33,38)(H,36,37)(H,40,41)(H3,29,31,34,35,39). The van der Waals surface area contributed by atoms with Crippen LogP contribution in [-0.2, 0) is 20.9 Å². The molecule has 1 atom stereocenters. The number of ether oxygens (including phenoxy) is 1. The molecule has 0 spiro atoms. The normalized spacial score (nSPS) is 12.5. The number of fused-ring (bicyclic) bond motifs is 1. The molecule has 0 bridgehead atoms. The third kappa shape index (κ3) is 9.80. The van der Waals surface area contributed by atoms with Crippen LogP contribution in [0.3, 0.4) is 0 Å². The van der Waals surface area contributed by atoms with Gasteiger partial charge in [-0.1, -0.05) is 0 Å². The van der Waals surface area contributed by atoms with Gasteiger partial charge in [-0.15, -0.1) is 0 Å². The average molecular weight is 583 g/mol. The van der Waals surface area contributed by atoms with Crippen LogP contribution >= 0.6 is 0 Å². The van der Waals surface area contributed by atoms with Crippen LogP contribution in [0.5, 0.6) is 0 Å². The van der Waals surface area contributed by atoms with Gasteiger partial charge in [-0.3, -0.25) is 19.4 Å². The fraction of sp³-hybridized carbons (Fsp3) is 0.464. The van der Waals surface area contributed by atoms with E-state index < -0.39 is 29.0 Å². The number of aliphatic carboxylic acids is 1. The van der Waals surface area contributed by atoms with Gasteiger partial charge in [0.25, 0.3) is 11.5 Å². The van der Waals surface area contributed by atoms with E-state index in [1.54, 1.807) is 12.1 Å². The van der Waals surface area contributed by atoms with Gasteiger partial charge in [-0.2, -0.15) is 4.98 Å². The van der Waals surface area contributed by atoms with Crippen molar-refractivity contribution < 1.29 is 24.2 Å². The number of nitrogens with one attached hydrogen (secondary N) is 4. The molecule has 2 heterocycles. The SMILES string of the molecule is CC(C)(CCOC(C)(C)C)NC(=O)CCC(NC(=O)c1ccc(NCc2cnc3nc(N)[nH]c(=O)c3n2)cc1)C(=O)O. The molecule has 0 aliphatic rings. The number of aromatic amines is 1. The summed E-state index contributed by atoms with van der Waals surface area (Å²) in [7, 11) is 0. The lowest BCUT2D eigenvalue weighted by Crippen LogP contribution is -2.46. The van der Waals surface area contributed by atoms with E-state index in [9.17, 15) is 24.3 Å². The van der Waals surface area contributed by atoms with Crippen LogP contribution < -0.4 is 27.2 Å². The number of amides is 2. The number of H-pyrrole nitrogens is 1. The van der Waals surface area contributed by atoms with Gasteiger partial charge in [0.15, 0.2) is 11.2 Å². The molecule has 42 heavy (non-hydrogen) atoms. The van der Waals surface area contributed by atoms with Crippen molar-refractivity contribution in [1.82, 2.24) is 30.6 Å². The second kappa shape index (κ2) is 13.4. The molecule has 2 aromatic heterocycles. The Kier molecular flexibility index (Phi) is 10.2. The minimum atomic E-state index is -1.24. The summed E-state index contributed by atoms with van der Waals surface area (Å²) in [6, 6.07) is 5.12. The molecule has 0 saturated heterocycles. The van der Waals surface area contributed by atoms with Crippen LogP contribution in [0, 0.1) is 0 Å². The number of benzene rings is 1. The van der Waals surface area contributed by atoms with E-state index in [4.69, 9.17) is 10.5 Å². The second-order valence-corrected chi connectivity index (χ2v) is 11.5. The molecule has 2 amide bonds. The number of anilines is 2. The fourth-order valence-corrected chi connectivity index (χ4v) is 3.88. The van der Waals surface area contributed by atoms with Gasteiger partial charge in [0.2, 0.25) is 11.9 Å². The minimum Gasteiger partial charge on any atom is -0.480 e. The summed E-state index contributed by atoms with van der Waals surface area (Å²) >= 11 is 0. The van der Waals surface area contributed by atoms with E-state index in [0.29, 0.717) is 24.4 Å². The van der Waals surface area contributed by atoms with Gasteiger partial charge in [-0.25, -0.2) is 14.8 Å². The average Bonchev–Trinajstić information content (AvgIpc) is 2.88. The Balaban J connectivity index is 1.50. The molecular weight excluding hydrogens is 544 g/mol. The molecule has 14 heteroatoms. The van der Waals surface area contributed by atoms with Crippen molar-refractivity contribution in [3.8, 4) is 0 Å². The molecule has 3 rings (SSSR count). The third-order valence-electron chi connectivity index (χ3n) is 6.11. The Morgan fingerprint density at radius 2 is 1.79 bits per heavy atom. The Morgan fingerprint density at radius 1 is 1.10 bits per heavy atom. The van der Waals surface area contributed by atoms with Gasteiger partial charge in [0.05, 0.1) is 24.0 Å². The first-order chi connectivity index (χ1) is 19.6. The van der Waals surface area contributed by atoms with E-state index in [2.05, 4.69) is 35.9 Å². The fourth-order valence-electron chi connectivity index (χ4n) is 3.88. The highest BCUT2D eigenvalue weighted by molar-refractivity contribution is 5.97. The Labute approximate surface area is 242 Å². The second-order valence-electron chi connectivity index (χ2n) is 11.5. The Hall–Kier alpha value is -4.59. The molecule has 1 aromatic carbocycles. The van der Waals surface area contributed by atoms with E-state index in [1.807, 2.05) is 34.6 Å². The highest BCUT2D eigenvalue weighted by Gasteiger charge is 2.25. The van der Waals surface area contributed by atoms with Crippen LogP contribution in [0.2, 0.25) is 0 Å². The highest BCUT2D eigenvalue weighted by atomic mass is 16.5. The van der Waals surface area contributed by atoms with Crippen molar-refractivity contribution in [1.29, 1.82) is 0 Å². The van der Waals surface area contributed by atoms with Crippen LogP contribution in [0.1, 0.15) is 69.9 Å². The lowest BCUT2D eigenvalue weighted by molar-refractivity contribution is -0.139. The Morgan fingerprint density at radius 3 is 2.43 bits per heavy atom. The number of carboxylic acids is 1. The van der Waals surface area contributed by atoms with Gasteiger partial charge < -0.3 is 31.5 Å². The molecule has 0 aliphatic heterocycles. The zero-order valence-electron chi connectivity index (χ0n) is 24.4. The van der Waals surface area contributed by atoms with Crippen molar-refractivity contribution in [2.75, 3.05) is 17.7 Å². The van der Waals surface area contributed by atoms with Gasteiger partial charge in [-0.05, 0) is 71.7 Å². The number of aromatic nitrogens is 4. The Bertz CT molecular complexity index is 1480. The summed E-state index contributed by atoms with van der Waals surface area (Å²) in [6.07, 6.45) is 1.91. The van der Waals surface area contributed by atoms with Crippen LogP contribution in [-0.4, -0.2) is 66.6 Å². The van der Waals surface area contributed by atoms with Crippen LogP contribution in [0.4, 0.5) is 11.6 Å². The van der Waals surface area contributed by atoms with E-state index >= 15 is 0 Å². The highest BCUT2D eigenvalue weighted by Crippen LogP contribution is 2.15. The molecule has 0 aliphatic carbocycles. The first-order valence-electron chi connectivity index (χ1n) is 13.5. The lowest BCUT2D eigenvalue weighted by Gasteiger charge is -2.28. The van der Waals surface area contributed by atoms with E-state index in [1.165, 1.54) is 18.3 Å². The predicted octanol–water partition coefficient (Wildman–Crippen LogP) is 1.97. The molecule has 7 N–H and O–H groups in total. The molecule has 0 saturated carbocycles. The van der Waals surface area contributed by atoms with E-state index in [0.717, 1.165) is 0 Å². The van der Waals surface area contributed by atoms with Gasteiger partial charge in [0, 0.05) is 29.8 Å². The molecule has 0 fully saturated rings. The number of nitrogens with zero attached hydrogens (tertiary/aromatic N) is 3. The largest absolute Gasteiger partial charge is 0.480 e. The van der Waals surface area contributed by atoms with Gasteiger partial charge >= 0.3 is 5.97 Å². The zero-order chi connectivity index (χ0) is 31.1. The molecule has 1 unspecified atom stereocenters. The summed E-state index contributed by atoms with van der Waals surface area (Å²) in [5, 5.41) is 18.1. The van der Waals surface area contributed by atoms with Crippen molar-refractivity contribution in [2.45, 2.75) is 77.6 Å². The summed E-state index contributed by atoms with van der Waals surface area (Å²) in [5.74, 6) is -2.18. The van der Waals surface area contributed by atoms with Crippen molar-refractivity contribution in [3.63, 3.8) is 0 Å². The number of hydrogen-bond donors (Lipinski definition) is 6. The third-order valence-corrected chi connectivity index (χ3v) is 6.11. The first-order valence-corrected chi connectivity index (χ1v) is 13.5. The molecule has 3 aromatic rings. The number of nitrogen functional groups attached to an aromatic ring is 1. The number of carbonyl (C=O) groups is 3. The number of nitrogens with two attached hydrogens (primary N) is 1. The molecule has 0 radical (unpaired) electrons. The molecule has 14 nitrogen and oxygen atoms in total. The monoisotopic (exact) mass is 582 g/mol. The quantitative estimate of drug-likeness (QED) is 0.171. The minimum absolute atomic E-state index is 0.0468. The number of hydrogen-bond acceptors (Lipinski definition) is 10. The topological polar surface area (TPSA) is 214 Å². The van der Waals surface area contributed by atoms with Crippen LogP contribution in [0.15, 0.2) is 35.3 Å². The lowest BCUT2D eigenvalue weighted by atomic mass is 10.00. The first kappa shape index (κ1) is 31.9. The van der Waals surface area contributed by atoms with Crippen molar-refractivity contribution in [3.05, 3.63) is 52.1 Å². The van der Waals surface area contributed by atoms with Crippen LogP contribution in [0.25, 0.3) is 11.2 Å². The van der Waals surface area contributed by atoms with Crippen molar-refractivity contribution in [2.24, 2.45) is 0 Å². The maximum absolute atomic E-state index is 12.7. The zero-order valence-corrected chi connectivity index (χ0v) is 24.4. The smallest absolute Gasteiger partial charge is 0.326 e. The maximum atomic E-state index is 12.7. The summed E-state index contributed by atoms with van der Waals surface area (Å²) < 4.78 is 5.72. The number of carbonyl (C=O) groups excluding carboxylic acids is 2. The summed E-state index contributed by atoms with van der Waals surface area (Å²) in [4.78, 5) is 63.7. The number of carboxylic acid groups (broad SMARTS) is 1. The molecular formula is C28H38N8O6. The number of rotatable bonds is 13. The predicted molar refractivity (Wildman–Crippen MR) is 157 cm³/mol. The summed E-state index contributed by atoms with van der Waals surface area (Å²) in [5.41, 5.74) is 5.79. The van der Waals surface area contributed by atoms with E-state index in [-0.39, 0.29) is 53.6 Å². The summed E-state index contributed by atoms with van der Waals surface area (Å²) in [6.45, 7) is 10.3. The maximum Gasteiger partial charge on any atom is 0.326 e. The van der Waals surface area contributed by atoms with Gasteiger partial charge in [0.1, 0.15) is 6.04 Å². The molecule has 226 valence electrons.